The first-order chi connectivity index (χ1) is 14.8. The Morgan fingerprint density at radius 2 is 1.71 bits per heavy atom. The Kier molecular flexibility index (Phi) is 5.84. The molecule has 3 aromatic rings. The summed E-state index contributed by atoms with van der Waals surface area (Å²) in [4.78, 5) is 27.5. The minimum absolute atomic E-state index is 0.290. The molecule has 1 aliphatic heterocycles. The van der Waals surface area contributed by atoms with E-state index in [-0.39, 0.29) is 12.4 Å². The van der Waals surface area contributed by atoms with E-state index < -0.39 is 18.0 Å². The van der Waals surface area contributed by atoms with Crippen LogP contribution in [-0.4, -0.2) is 57.8 Å². The molecule has 1 atom stereocenters. The quantitative estimate of drug-likeness (QED) is 0.604. The van der Waals surface area contributed by atoms with Gasteiger partial charge in [-0.2, -0.15) is 0 Å². The Balaban J connectivity index is 1.63. The molecule has 2 N–H and O–H groups in total. The minimum Gasteiger partial charge on any atom is -0.480 e. The second-order valence-electron chi connectivity index (χ2n) is 7.51. The summed E-state index contributed by atoms with van der Waals surface area (Å²) in [5, 5.41) is 20.4. The molecule has 1 fully saturated rings. The number of benzene rings is 2. The topological polar surface area (TPSA) is 86.0 Å². The van der Waals surface area contributed by atoms with Crippen molar-refractivity contribution in [3.05, 3.63) is 65.1 Å². The zero-order valence-corrected chi connectivity index (χ0v) is 17.3. The molecule has 9 heteroatoms. The Bertz CT molecular complexity index is 1120. The van der Waals surface area contributed by atoms with E-state index in [1.807, 2.05) is 4.90 Å². The van der Waals surface area contributed by atoms with Crippen molar-refractivity contribution >= 4 is 40.1 Å². The average Bonchev–Trinajstić information content (AvgIpc) is 3.05. The second kappa shape index (κ2) is 8.56. The fourth-order valence-corrected chi connectivity index (χ4v) is 4.33. The van der Waals surface area contributed by atoms with Crippen molar-refractivity contribution in [1.82, 2.24) is 9.47 Å². The second-order valence-corrected chi connectivity index (χ2v) is 7.94. The van der Waals surface area contributed by atoms with E-state index in [9.17, 15) is 24.2 Å². The van der Waals surface area contributed by atoms with Gasteiger partial charge in [0, 0.05) is 54.0 Å². The van der Waals surface area contributed by atoms with Crippen molar-refractivity contribution in [2.45, 2.75) is 12.6 Å². The lowest BCUT2D eigenvalue weighted by molar-refractivity contribution is -0.143. The standard InChI is InChI=1S/C22H21ClFN3O4/c23-14-1-6-17-18(12-27(13-20(28)29)19(17)11-14)21(22(30)31)26-9-7-25(8-10-26)16-4-2-15(24)3-5-16/h1-6,11-12,21H,7-10,13H2,(H,28,29)(H,30,31)/t21-/m0/s1. The smallest absolute Gasteiger partial charge is 0.325 e. The van der Waals surface area contributed by atoms with Crippen molar-refractivity contribution in [3.63, 3.8) is 0 Å². The zero-order valence-electron chi connectivity index (χ0n) is 16.5. The molecule has 31 heavy (non-hydrogen) atoms. The van der Waals surface area contributed by atoms with Gasteiger partial charge in [-0.05, 0) is 36.4 Å². The van der Waals surface area contributed by atoms with E-state index in [0.717, 1.165) is 5.69 Å². The van der Waals surface area contributed by atoms with Crippen LogP contribution in [0.4, 0.5) is 10.1 Å². The van der Waals surface area contributed by atoms with E-state index in [1.54, 1.807) is 36.5 Å². The SMILES string of the molecule is O=C(O)Cn1cc([C@@H](C(=O)O)N2CCN(c3ccc(F)cc3)CC2)c2ccc(Cl)cc21. The highest BCUT2D eigenvalue weighted by molar-refractivity contribution is 6.31. The number of carboxylic acids is 2. The highest BCUT2D eigenvalue weighted by atomic mass is 35.5. The van der Waals surface area contributed by atoms with Crippen LogP contribution in [0.25, 0.3) is 10.9 Å². The molecule has 4 rings (SSSR count). The summed E-state index contributed by atoms with van der Waals surface area (Å²) >= 11 is 6.09. The number of anilines is 1. The van der Waals surface area contributed by atoms with Gasteiger partial charge in [0.2, 0.25) is 0 Å². The molecule has 162 valence electrons. The predicted molar refractivity (Wildman–Crippen MR) is 115 cm³/mol. The Labute approximate surface area is 182 Å². The Hall–Kier alpha value is -3.10. The lowest BCUT2D eigenvalue weighted by atomic mass is 10.0. The molecule has 0 saturated carbocycles. The molecular formula is C22H21ClFN3O4. The summed E-state index contributed by atoms with van der Waals surface area (Å²) < 4.78 is 14.7. The fraction of sp³-hybridized carbons (Fsp3) is 0.273. The van der Waals surface area contributed by atoms with Crippen molar-refractivity contribution in [2.75, 3.05) is 31.1 Å². The number of rotatable bonds is 6. The van der Waals surface area contributed by atoms with Gasteiger partial charge in [0.15, 0.2) is 0 Å². The van der Waals surface area contributed by atoms with Crippen LogP contribution in [0.15, 0.2) is 48.7 Å². The monoisotopic (exact) mass is 445 g/mol. The van der Waals surface area contributed by atoms with Gasteiger partial charge in [0.25, 0.3) is 0 Å². The molecule has 1 aliphatic rings. The minimum atomic E-state index is -1.02. The van der Waals surface area contributed by atoms with Gasteiger partial charge in [0.05, 0.1) is 5.52 Å². The lowest BCUT2D eigenvalue weighted by Gasteiger charge is -2.38. The largest absolute Gasteiger partial charge is 0.480 e. The number of hydrogen-bond acceptors (Lipinski definition) is 4. The Morgan fingerprint density at radius 1 is 1.03 bits per heavy atom. The van der Waals surface area contributed by atoms with Gasteiger partial charge in [0.1, 0.15) is 18.4 Å². The van der Waals surface area contributed by atoms with Crippen molar-refractivity contribution in [1.29, 1.82) is 0 Å². The van der Waals surface area contributed by atoms with E-state index in [1.165, 1.54) is 16.7 Å². The number of carbonyl (C=O) groups is 2. The molecule has 0 spiro atoms. The van der Waals surface area contributed by atoms with Crippen LogP contribution >= 0.6 is 11.6 Å². The normalized spacial score (nSPS) is 15.9. The van der Waals surface area contributed by atoms with E-state index in [0.29, 0.717) is 47.7 Å². The fourth-order valence-electron chi connectivity index (χ4n) is 4.16. The van der Waals surface area contributed by atoms with E-state index in [4.69, 9.17) is 11.6 Å². The average molecular weight is 446 g/mol. The summed E-state index contributed by atoms with van der Waals surface area (Å²) in [5.41, 5.74) is 2.01. The maximum atomic E-state index is 13.2. The van der Waals surface area contributed by atoms with Crippen LogP contribution in [0.3, 0.4) is 0 Å². The molecule has 0 aliphatic carbocycles. The molecule has 1 saturated heterocycles. The summed E-state index contributed by atoms with van der Waals surface area (Å²) in [7, 11) is 0. The molecule has 0 bridgehead atoms. The van der Waals surface area contributed by atoms with E-state index in [2.05, 4.69) is 4.90 Å². The van der Waals surface area contributed by atoms with E-state index >= 15 is 0 Å². The summed E-state index contributed by atoms with van der Waals surface area (Å²) in [5.74, 6) is -2.33. The molecule has 0 unspecified atom stereocenters. The van der Waals surface area contributed by atoms with Gasteiger partial charge in [-0.3, -0.25) is 14.5 Å². The zero-order chi connectivity index (χ0) is 22.1. The van der Waals surface area contributed by atoms with Gasteiger partial charge >= 0.3 is 11.9 Å². The van der Waals surface area contributed by atoms with Crippen LogP contribution in [0, 0.1) is 5.82 Å². The van der Waals surface area contributed by atoms with Gasteiger partial charge < -0.3 is 19.7 Å². The Morgan fingerprint density at radius 3 is 2.32 bits per heavy atom. The summed E-state index contributed by atoms with van der Waals surface area (Å²) in [6.45, 7) is 1.88. The third kappa shape index (κ3) is 4.35. The highest BCUT2D eigenvalue weighted by Gasteiger charge is 2.33. The van der Waals surface area contributed by atoms with Crippen LogP contribution in [0.2, 0.25) is 5.02 Å². The molecular weight excluding hydrogens is 425 g/mol. The number of carboxylic acid groups (broad SMARTS) is 2. The number of aromatic nitrogens is 1. The van der Waals surface area contributed by atoms with Crippen molar-refractivity contribution in [3.8, 4) is 0 Å². The number of aliphatic carboxylic acids is 2. The highest BCUT2D eigenvalue weighted by Crippen LogP contribution is 2.33. The number of nitrogens with zero attached hydrogens (tertiary/aromatic N) is 3. The first-order valence-electron chi connectivity index (χ1n) is 9.81. The van der Waals surface area contributed by atoms with Crippen LogP contribution in [0.5, 0.6) is 0 Å². The molecule has 0 amide bonds. The molecule has 0 radical (unpaired) electrons. The number of fused-ring (bicyclic) bond motifs is 1. The third-order valence-electron chi connectivity index (χ3n) is 5.58. The van der Waals surface area contributed by atoms with Crippen LogP contribution in [-0.2, 0) is 16.1 Å². The molecule has 2 heterocycles. The summed E-state index contributed by atoms with van der Waals surface area (Å²) in [6, 6.07) is 10.4. The predicted octanol–water partition coefficient (Wildman–Crippen LogP) is 3.47. The first kappa shape index (κ1) is 21.1. The number of hydrogen-bond donors (Lipinski definition) is 2. The van der Waals surface area contributed by atoms with Crippen molar-refractivity contribution in [2.24, 2.45) is 0 Å². The van der Waals surface area contributed by atoms with Gasteiger partial charge in [-0.1, -0.05) is 17.7 Å². The van der Waals surface area contributed by atoms with Crippen molar-refractivity contribution < 1.29 is 24.2 Å². The van der Waals surface area contributed by atoms with Crippen LogP contribution in [0.1, 0.15) is 11.6 Å². The van der Waals surface area contributed by atoms with Gasteiger partial charge in [-0.25, -0.2) is 4.39 Å². The number of halogens is 2. The maximum absolute atomic E-state index is 13.2. The first-order valence-corrected chi connectivity index (χ1v) is 10.2. The van der Waals surface area contributed by atoms with Crippen LogP contribution < -0.4 is 4.90 Å². The lowest BCUT2D eigenvalue weighted by Crippen LogP contribution is -2.49. The third-order valence-corrected chi connectivity index (χ3v) is 5.82. The summed E-state index contributed by atoms with van der Waals surface area (Å²) in [6.07, 6.45) is 1.60. The van der Waals surface area contributed by atoms with Gasteiger partial charge in [-0.15, -0.1) is 0 Å². The number of piperazine rings is 1. The molecule has 2 aromatic carbocycles. The molecule has 1 aromatic heterocycles. The molecule has 7 nitrogen and oxygen atoms in total. The maximum Gasteiger partial charge on any atom is 0.325 e.